The first-order chi connectivity index (χ1) is 59.9. The Hall–Kier alpha value is -6.63. The van der Waals surface area contributed by atoms with Crippen molar-refractivity contribution in [2.45, 2.75) is 297 Å². The Morgan fingerprint density at radius 1 is 0.376 bits per heavy atom. The number of fused-ring (bicyclic) bond motifs is 8. The van der Waals surface area contributed by atoms with E-state index in [-0.39, 0.29) is 222 Å². The first-order valence-corrected chi connectivity index (χ1v) is 44.7. The molecule has 5 saturated carbocycles. The maximum atomic E-state index is 14.0. The maximum absolute atomic E-state index is 14.0. The molecule has 14 unspecified atom stereocenters. The van der Waals surface area contributed by atoms with Gasteiger partial charge in [0.05, 0.1) is 118 Å². The van der Waals surface area contributed by atoms with Gasteiger partial charge >= 0.3 is 0 Å². The van der Waals surface area contributed by atoms with E-state index >= 15 is 0 Å². The Morgan fingerprint density at radius 3 is 1.06 bits per heavy atom. The van der Waals surface area contributed by atoms with Crippen LogP contribution in [0.1, 0.15) is 201 Å². The van der Waals surface area contributed by atoms with E-state index in [1.165, 1.54) is 20.8 Å². The second-order valence-electron chi connectivity index (χ2n) is 35.0. The lowest BCUT2D eigenvalue weighted by molar-refractivity contribution is -0.496. The van der Waals surface area contributed by atoms with Gasteiger partial charge in [-0.25, -0.2) is 5.90 Å². The second kappa shape index (κ2) is 50.0. The van der Waals surface area contributed by atoms with Crippen molar-refractivity contribution in [1.82, 2.24) is 58.5 Å². The molecule has 3 saturated heterocycles. The number of nitrogens with one attached hydrogen (secondary N) is 11. The summed E-state index contributed by atoms with van der Waals surface area (Å²) in [5.41, 5.74) is -8.03. The summed E-state index contributed by atoms with van der Waals surface area (Å²) < 4.78 is 53.9. The van der Waals surface area contributed by atoms with Gasteiger partial charge in [-0.2, -0.15) is 0 Å². The minimum absolute atomic E-state index is 0.0812. The fourth-order valence-electron chi connectivity index (χ4n) is 19.4. The first kappa shape index (κ1) is 104. The third-order valence-corrected chi connectivity index (χ3v) is 25.7. The Kier molecular flexibility index (Phi) is 41.5. The van der Waals surface area contributed by atoms with Crippen LogP contribution in [-0.2, 0) is 100 Å². The molecular weight excluding hydrogens is 1640 g/mol. The summed E-state index contributed by atoms with van der Waals surface area (Å²) >= 11 is 0. The highest BCUT2D eigenvalue weighted by Crippen LogP contribution is 2.74. The van der Waals surface area contributed by atoms with Crippen molar-refractivity contribution >= 4 is 65.0 Å². The van der Waals surface area contributed by atoms with Gasteiger partial charge < -0.3 is 147 Å². The fourth-order valence-corrected chi connectivity index (χ4v) is 19.4. The standard InChI is InChI=1S/C83H142N12O30/c1-52(99)92-77(4)71(79(46-96)44-55(102)68(79)113)123-74(77)119-38-18-14-24-56(103)85-32-21-35-88-59(106)28-41-116-49-78(95-62(109)27-13-11-9-7-5-6-8-10-12-17-31-91-63(110)45-122-84,50-117-42-29-60(107)89-36-22-33-86-57(104)25-15-19-39-120-75-82(93-53(2)100)66-64(111)69(114)80(66,47-97)72(82)124-75)51-118-43-30-61(108)90-37-23-34-87-58(105)26-16-20-40-121-76-83(94-54(3)101)67-65(112)70(115)81(67,48-98)73(83)125-76/h55,64-76,96-98,102,111-115H,5-51,84H2,1-4H3,(H,85,103)(H,86,104)(H,87,105)(H,88,106)(H,89,107)(H,90,108)(H,91,110)(H,92,99)(H,93,100)(H,94,101)(H,95,109)/t55?,64?,65?,66?,67?,68-,69-,70-,71?,72?,73?,74-,75-,76-,77?,78?,79?,80?,81?,82?,83?/m1/s1. The highest BCUT2D eigenvalue weighted by Gasteiger charge is 2.92. The normalized spacial score (nSPS) is 30.7. The summed E-state index contributed by atoms with van der Waals surface area (Å²) in [7, 11) is 0. The zero-order chi connectivity index (χ0) is 91.0. The Bertz CT molecular complexity index is 3370. The van der Waals surface area contributed by atoms with E-state index in [1.54, 1.807) is 6.92 Å². The maximum Gasteiger partial charge on any atom is 0.248 e. The number of amides is 11. The van der Waals surface area contributed by atoms with Crippen LogP contribution < -0.4 is 64.4 Å². The zero-order valence-corrected chi connectivity index (χ0v) is 73.0. The number of carbonyl (C=O) groups excluding carboxylic acids is 11. The van der Waals surface area contributed by atoms with Crippen molar-refractivity contribution in [3.63, 3.8) is 0 Å². The van der Waals surface area contributed by atoms with E-state index in [9.17, 15) is 98.7 Å². The molecule has 0 aromatic rings. The molecule has 8 fully saturated rings. The third-order valence-electron chi connectivity index (χ3n) is 25.7. The van der Waals surface area contributed by atoms with Crippen LogP contribution in [0.3, 0.4) is 0 Å². The molecule has 125 heavy (non-hydrogen) atoms. The molecule has 8 rings (SSSR count). The molecule has 0 spiro atoms. The van der Waals surface area contributed by atoms with E-state index in [0.29, 0.717) is 70.8 Å². The molecule has 11 amide bonds. The molecule has 0 radical (unpaired) electrons. The smallest absolute Gasteiger partial charge is 0.248 e. The molecule has 0 bridgehead atoms. The van der Waals surface area contributed by atoms with Crippen molar-refractivity contribution in [2.75, 3.05) is 132 Å². The van der Waals surface area contributed by atoms with Crippen LogP contribution >= 0.6 is 0 Å². The molecule has 5 aliphatic carbocycles. The van der Waals surface area contributed by atoms with Crippen LogP contribution in [-0.4, -0.2) is 339 Å². The second-order valence-corrected chi connectivity index (χ2v) is 35.0. The predicted molar refractivity (Wildman–Crippen MR) is 440 cm³/mol. The molecule has 0 aromatic heterocycles. The lowest BCUT2D eigenvalue weighted by Gasteiger charge is -2.82. The van der Waals surface area contributed by atoms with Gasteiger partial charge in [0.15, 0.2) is 18.9 Å². The molecule has 22 N–H and O–H groups in total. The lowest BCUT2D eigenvalue weighted by Crippen LogP contribution is -3.01. The van der Waals surface area contributed by atoms with Crippen LogP contribution in [0.15, 0.2) is 0 Å². The quantitative estimate of drug-likeness (QED) is 0.0201. The SMILES string of the molecule is CC(=O)NC1(C)C(C2(CO)CC(O)[C@H]2O)O[C@H]1OCCCCC(=O)NCCCNC(=O)CCOCC(COCCC(=O)NCCCNC(=O)CCCCO[C@@H]1OC2C3(CO)C(C(O)[C@H]3O)C21NC(C)=O)(COCCC(=O)NCCCNC(=O)CCCCO[C@@H]1OC2C3(CO)C(C(O)[C@H]3O)C21NC(C)=O)NC(=O)CCCCCCCCCCCCNC(=O)CON. The topological polar surface area (TPSA) is 620 Å². The van der Waals surface area contributed by atoms with Crippen LogP contribution in [0.4, 0.5) is 0 Å². The summed E-state index contributed by atoms with van der Waals surface area (Å²) in [6.07, 6.45) is 1.57. The number of nitrogens with two attached hydrogens (primary N) is 1. The van der Waals surface area contributed by atoms with E-state index in [1.807, 2.05) is 0 Å². The number of ether oxygens (including phenoxy) is 9. The van der Waals surface area contributed by atoms with Gasteiger partial charge in [-0.05, 0) is 84.0 Å². The van der Waals surface area contributed by atoms with Gasteiger partial charge in [0.25, 0.3) is 0 Å². The van der Waals surface area contributed by atoms with Gasteiger partial charge in [-0.1, -0.05) is 51.4 Å². The van der Waals surface area contributed by atoms with E-state index in [2.05, 4.69) is 63.3 Å². The molecule has 42 nitrogen and oxygen atoms in total. The van der Waals surface area contributed by atoms with Crippen LogP contribution in [0, 0.1) is 28.1 Å². The average Bonchev–Trinajstić information content (AvgIpc) is 0.628. The van der Waals surface area contributed by atoms with Gasteiger partial charge in [0.2, 0.25) is 65.0 Å². The minimum atomic E-state index is -1.41. The van der Waals surface area contributed by atoms with E-state index < -0.39 is 144 Å². The van der Waals surface area contributed by atoms with Crippen LogP contribution in [0.5, 0.6) is 0 Å². The van der Waals surface area contributed by atoms with Gasteiger partial charge in [0, 0.05) is 143 Å². The van der Waals surface area contributed by atoms with Crippen molar-refractivity contribution in [1.29, 1.82) is 0 Å². The van der Waals surface area contributed by atoms with E-state index in [4.69, 9.17) is 48.5 Å². The van der Waals surface area contributed by atoms with Gasteiger partial charge in [-0.3, -0.25) is 57.6 Å². The van der Waals surface area contributed by atoms with E-state index in [0.717, 1.165) is 57.8 Å². The summed E-state index contributed by atoms with van der Waals surface area (Å²) in [5.74, 6) is 0.184. The van der Waals surface area contributed by atoms with Gasteiger partial charge in [-0.15, -0.1) is 0 Å². The first-order valence-electron chi connectivity index (χ1n) is 44.7. The van der Waals surface area contributed by atoms with Crippen molar-refractivity contribution in [3.05, 3.63) is 0 Å². The number of aliphatic hydroxyl groups is 9. The number of rotatable bonds is 68. The zero-order valence-electron chi connectivity index (χ0n) is 73.0. The Morgan fingerprint density at radius 2 is 0.704 bits per heavy atom. The molecule has 8 aliphatic rings. The van der Waals surface area contributed by atoms with Crippen LogP contribution in [0.2, 0.25) is 0 Å². The number of aliphatic hydroxyl groups excluding tert-OH is 9. The minimum Gasteiger partial charge on any atom is -0.396 e. The highest BCUT2D eigenvalue weighted by atomic mass is 16.7. The summed E-state index contributed by atoms with van der Waals surface area (Å²) in [4.78, 5) is 144. The molecule has 42 heteroatoms. The monoisotopic (exact) mass is 1790 g/mol. The van der Waals surface area contributed by atoms with Crippen molar-refractivity contribution in [3.8, 4) is 0 Å². The van der Waals surface area contributed by atoms with Crippen molar-refractivity contribution < 1.29 is 146 Å². The lowest BCUT2D eigenvalue weighted by atomic mass is 9.32. The molecule has 20 atom stereocenters. The molecular formula is C83H142N12O30. The molecule has 3 aliphatic heterocycles. The summed E-state index contributed by atoms with van der Waals surface area (Å²) in [6.45, 7) is 5.66. The summed E-state index contributed by atoms with van der Waals surface area (Å²) in [6, 6.07) is 0. The molecule has 0 aromatic carbocycles. The number of unbranched alkanes of at least 4 members (excludes halogenated alkanes) is 12. The summed E-state index contributed by atoms with van der Waals surface area (Å²) in [5, 5.41) is 124. The number of hydrogen-bond donors (Lipinski definition) is 21. The highest BCUT2D eigenvalue weighted by molar-refractivity contribution is 5.80. The average molecular weight is 1790 g/mol. The Balaban J connectivity index is 0.760. The molecule has 714 valence electrons. The number of carbonyl (C=O) groups is 11. The predicted octanol–water partition coefficient (Wildman–Crippen LogP) is -4.60. The Labute approximate surface area is 729 Å². The van der Waals surface area contributed by atoms with Crippen LogP contribution in [0.25, 0.3) is 0 Å². The molecule has 3 heterocycles. The fraction of sp³-hybridized carbons (Fsp3) is 0.867. The van der Waals surface area contributed by atoms with Gasteiger partial charge in [0.1, 0.15) is 41.0 Å². The number of hydrogen-bond acceptors (Lipinski definition) is 31. The largest absolute Gasteiger partial charge is 0.396 e. The van der Waals surface area contributed by atoms with Crippen molar-refractivity contribution in [2.24, 2.45) is 34.0 Å². The third kappa shape index (κ3) is 25.7.